The molecule has 0 spiro atoms. The Bertz CT molecular complexity index is 823. The second kappa shape index (κ2) is 7.01. The number of para-hydroxylation sites is 1. The number of halogens is 3. The first-order valence-electron chi connectivity index (χ1n) is 8.41. The van der Waals surface area contributed by atoms with Crippen LogP contribution in [0.3, 0.4) is 0 Å². The lowest BCUT2D eigenvalue weighted by molar-refractivity contribution is -0.274. The summed E-state index contributed by atoms with van der Waals surface area (Å²) in [6, 6.07) is 6.34. The van der Waals surface area contributed by atoms with Crippen molar-refractivity contribution in [2.45, 2.75) is 26.1 Å². The number of rotatable bonds is 3. The number of carbonyl (C=O) groups excluding carboxylic acids is 1. The van der Waals surface area contributed by atoms with Crippen LogP contribution in [0.2, 0.25) is 0 Å². The minimum atomic E-state index is -4.78. The Morgan fingerprint density at radius 3 is 2.85 bits per heavy atom. The zero-order valence-electron chi connectivity index (χ0n) is 14.6. The van der Waals surface area contributed by atoms with Gasteiger partial charge in [0.25, 0.3) is 0 Å². The minimum absolute atomic E-state index is 0.0223. The molecule has 0 radical (unpaired) electrons. The number of benzene rings is 1. The lowest BCUT2D eigenvalue weighted by Gasteiger charge is -2.34. The number of piperidine rings is 1. The van der Waals surface area contributed by atoms with Gasteiger partial charge in [0.15, 0.2) is 5.75 Å². The van der Waals surface area contributed by atoms with Crippen LogP contribution in [0.25, 0.3) is 10.9 Å². The van der Waals surface area contributed by atoms with E-state index in [4.69, 9.17) is 0 Å². The first-order valence-corrected chi connectivity index (χ1v) is 8.41. The molecule has 1 N–H and O–H groups in total. The number of hydrogen-bond donors (Lipinski definition) is 1. The number of carbonyl (C=O) groups is 1. The van der Waals surface area contributed by atoms with E-state index in [0.717, 1.165) is 25.1 Å². The minimum Gasteiger partial charge on any atom is -0.403 e. The van der Waals surface area contributed by atoms with Crippen LogP contribution in [-0.2, 0) is 4.79 Å². The molecule has 1 amide bonds. The predicted octanol–water partition coefficient (Wildman–Crippen LogP) is 3.40. The summed E-state index contributed by atoms with van der Waals surface area (Å²) in [5.74, 6) is -0.488. The van der Waals surface area contributed by atoms with Gasteiger partial charge in [-0.05, 0) is 31.9 Å². The number of nitrogens with one attached hydrogen (secondary N) is 1. The third-order valence-electron chi connectivity index (χ3n) is 4.51. The van der Waals surface area contributed by atoms with E-state index in [2.05, 4.69) is 15.0 Å². The van der Waals surface area contributed by atoms with E-state index < -0.39 is 6.36 Å². The number of pyridine rings is 1. The molecule has 0 bridgehead atoms. The number of ether oxygens (including phenoxy) is 1. The zero-order chi connectivity index (χ0) is 18.9. The Morgan fingerprint density at radius 2 is 2.15 bits per heavy atom. The molecule has 1 atom stereocenters. The molecule has 1 unspecified atom stereocenters. The molecule has 0 aliphatic carbocycles. The summed E-state index contributed by atoms with van der Waals surface area (Å²) >= 11 is 0. The molecule has 1 fully saturated rings. The predicted molar refractivity (Wildman–Crippen MR) is 92.2 cm³/mol. The van der Waals surface area contributed by atoms with E-state index in [0.29, 0.717) is 17.6 Å². The van der Waals surface area contributed by atoms with Crippen LogP contribution in [0.1, 0.15) is 18.5 Å². The molecule has 1 aliphatic rings. The van der Waals surface area contributed by atoms with Crippen LogP contribution in [0.5, 0.6) is 5.75 Å². The van der Waals surface area contributed by atoms with E-state index >= 15 is 0 Å². The highest BCUT2D eigenvalue weighted by molar-refractivity contribution is 5.96. The maximum Gasteiger partial charge on any atom is 0.573 e. The lowest BCUT2D eigenvalue weighted by Crippen LogP contribution is -2.42. The molecule has 0 saturated carbocycles. The number of amides is 1. The smallest absolute Gasteiger partial charge is 0.403 e. The Labute approximate surface area is 149 Å². The molecule has 140 valence electrons. The van der Waals surface area contributed by atoms with Gasteiger partial charge in [-0.2, -0.15) is 0 Å². The van der Waals surface area contributed by atoms with E-state index in [1.807, 2.05) is 11.0 Å². The van der Waals surface area contributed by atoms with Gasteiger partial charge in [0.1, 0.15) is 5.52 Å². The van der Waals surface area contributed by atoms with Crippen molar-refractivity contribution >= 4 is 22.5 Å². The van der Waals surface area contributed by atoms with Gasteiger partial charge in [-0.15, -0.1) is 13.2 Å². The highest BCUT2D eigenvalue weighted by Crippen LogP contribution is 2.36. The van der Waals surface area contributed by atoms with Crippen LogP contribution in [0, 0.1) is 12.8 Å². The second-order valence-electron chi connectivity index (χ2n) is 6.38. The van der Waals surface area contributed by atoms with Crippen molar-refractivity contribution < 1.29 is 22.7 Å². The molecular weight excluding hydrogens is 347 g/mol. The first-order chi connectivity index (χ1) is 12.3. The van der Waals surface area contributed by atoms with E-state index in [1.165, 1.54) is 12.1 Å². The van der Waals surface area contributed by atoms with Gasteiger partial charge in [0, 0.05) is 36.9 Å². The third kappa shape index (κ3) is 3.84. The SMILES string of the molecule is CNC(=O)C1CCCN(c2cc(C)nc3c(OC(F)(F)F)cccc23)C1. The van der Waals surface area contributed by atoms with Crippen molar-refractivity contribution in [3.63, 3.8) is 0 Å². The van der Waals surface area contributed by atoms with Gasteiger partial charge >= 0.3 is 6.36 Å². The van der Waals surface area contributed by atoms with Crippen molar-refractivity contribution in [1.29, 1.82) is 0 Å². The standard InChI is InChI=1S/C18H20F3N3O2/c1-11-9-14(24-8-4-5-12(10-24)17(25)22-2)13-6-3-7-15(16(13)23-11)26-18(19,20)21/h3,6-7,9,12H,4-5,8,10H2,1-2H3,(H,22,25). The molecule has 2 heterocycles. The molecule has 26 heavy (non-hydrogen) atoms. The van der Waals surface area contributed by atoms with Gasteiger partial charge in [0.2, 0.25) is 5.91 Å². The average Bonchev–Trinajstić information content (AvgIpc) is 2.60. The van der Waals surface area contributed by atoms with E-state index in [9.17, 15) is 18.0 Å². The summed E-state index contributed by atoms with van der Waals surface area (Å²) in [4.78, 5) is 18.3. The summed E-state index contributed by atoms with van der Waals surface area (Å²) in [5, 5.41) is 3.25. The molecule has 1 aromatic heterocycles. The van der Waals surface area contributed by atoms with Crippen LogP contribution in [0.15, 0.2) is 24.3 Å². The molecule has 8 heteroatoms. The van der Waals surface area contributed by atoms with E-state index in [1.54, 1.807) is 20.0 Å². The number of aromatic nitrogens is 1. The Kier molecular flexibility index (Phi) is 4.93. The number of anilines is 1. The van der Waals surface area contributed by atoms with E-state index in [-0.39, 0.29) is 23.1 Å². The largest absolute Gasteiger partial charge is 0.573 e. The molecule has 5 nitrogen and oxygen atoms in total. The molecular formula is C18H20F3N3O2. The summed E-state index contributed by atoms with van der Waals surface area (Å²) < 4.78 is 42.2. The van der Waals surface area contributed by atoms with Gasteiger partial charge in [-0.3, -0.25) is 4.79 Å². The fraction of sp³-hybridized carbons (Fsp3) is 0.444. The Morgan fingerprint density at radius 1 is 1.38 bits per heavy atom. The molecule has 3 rings (SSSR count). The number of aryl methyl sites for hydroxylation is 1. The monoisotopic (exact) mass is 367 g/mol. The Balaban J connectivity index is 2.03. The highest BCUT2D eigenvalue weighted by Gasteiger charge is 2.32. The van der Waals surface area contributed by atoms with Crippen molar-refractivity contribution in [1.82, 2.24) is 10.3 Å². The molecule has 1 aliphatic heterocycles. The van der Waals surface area contributed by atoms with Gasteiger partial charge in [0.05, 0.1) is 5.92 Å². The molecule has 2 aromatic rings. The van der Waals surface area contributed by atoms with Gasteiger partial charge in [-0.1, -0.05) is 12.1 Å². The fourth-order valence-corrected chi connectivity index (χ4v) is 3.41. The van der Waals surface area contributed by atoms with Gasteiger partial charge < -0.3 is 15.0 Å². The van der Waals surface area contributed by atoms with Crippen LogP contribution >= 0.6 is 0 Å². The summed E-state index contributed by atoms with van der Waals surface area (Å²) in [5.41, 5.74) is 1.53. The number of hydrogen-bond acceptors (Lipinski definition) is 4. The fourth-order valence-electron chi connectivity index (χ4n) is 3.41. The quantitative estimate of drug-likeness (QED) is 0.903. The second-order valence-corrected chi connectivity index (χ2v) is 6.38. The normalized spacial score (nSPS) is 18.0. The average molecular weight is 367 g/mol. The van der Waals surface area contributed by atoms with Gasteiger partial charge in [-0.25, -0.2) is 4.98 Å². The third-order valence-corrected chi connectivity index (χ3v) is 4.51. The first kappa shape index (κ1) is 18.3. The van der Waals surface area contributed by atoms with Crippen molar-refractivity contribution in [3.05, 3.63) is 30.0 Å². The van der Waals surface area contributed by atoms with Crippen LogP contribution < -0.4 is 15.0 Å². The zero-order valence-corrected chi connectivity index (χ0v) is 14.6. The maximum atomic E-state index is 12.7. The van der Waals surface area contributed by atoms with Crippen LogP contribution in [0.4, 0.5) is 18.9 Å². The number of alkyl halides is 3. The Hall–Kier alpha value is -2.51. The summed E-state index contributed by atoms with van der Waals surface area (Å²) in [6.07, 6.45) is -3.16. The van der Waals surface area contributed by atoms with Crippen LogP contribution in [-0.4, -0.2) is 37.4 Å². The van der Waals surface area contributed by atoms with Crippen molar-refractivity contribution in [3.8, 4) is 5.75 Å². The summed E-state index contributed by atoms with van der Waals surface area (Å²) in [7, 11) is 1.61. The number of nitrogens with zero attached hydrogens (tertiary/aromatic N) is 2. The van der Waals surface area contributed by atoms with Crippen molar-refractivity contribution in [2.24, 2.45) is 5.92 Å². The number of fused-ring (bicyclic) bond motifs is 1. The summed E-state index contributed by atoms with van der Waals surface area (Å²) in [6.45, 7) is 2.98. The maximum absolute atomic E-state index is 12.7. The lowest BCUT2D eigenvalue weighted by atomic mass is 9.96. The molecule has 1 aromatic carbocycles. The van der Waals surface area contributed by atoms with Crippen molar-refractivity contribution in [2.75, 3.05) is 25.0 Å². The topological polar surface area (TPSA) is 54.5 Å². The highest BCUT2D eigenvalue weighted by atomic mass is 19.4. The molecule has 1 saturated heterocycles.